The van der Waals surface area contributed by atoms with Gasteiger partial charge in [0.25, 0.3) is 5.91 Å². The molecule has 0 bridgehead atoms. The second kappa shape index (κ2) is 9.43. The van der Waals surface area contributed by atoms with Crippen LogP contribution in [0.1, 0.15) is 31.4 Å². The van der Waals surface area contributed by atoms with Crippen molar-refractivity contribution in [3.8, 4) is 0 Å². The highest BCUT2D eigenvalue weighted by molar-refractivity contribution is 7.80. The Labute approximate surface area is 142 Å². The van der Waals surface area contributed by atoms with Crippen LogP contribution in [0.25, 0.3) is 6.08 Å². The first kappa shape index (κ1) is 18.5. The van der Waals surface area contributed by atoms with Crippen LogP contribution in [0.3, 0.4) is 0 Å². The van der Waals surface area contributed by atoms with Gasteiger partial charge in [0.15, 0.2) is 5.11 Å². The summed E-state index contributed by atoms with van der Waals surface area (Å²) >= 11 is 11.1. The van der Waals surface area contributed by atoms with Crippen LogP contribution in [-0.2, 0) is 4.79 Å². The Kier molecular flexibility index (Phi) is 7.91. The number of halogens is 1. The number of nitrogens with one attached hydrogen (secondary N) is 3. The highest BCUT2D eigenvalue weighted by atomic mass is 35.5. The maximum Gasteiger partial charge on any atom is 0.262 e. The van der Waals surface area contributed by atoms with Crippen molar-refractivity contribution in [3.63, 3.8) is 0 Å². The van der Waals surface area contributed by atoms with Gasteiger partial charge in [-0.05, 0) is 54.7 Å². The smallest absolute Gasteiger partial charge is 0.262 e. The van der Waals surface area contributed by atoms with Crippen LogP contribution in [0.4, 0.5) is 0 Å². The number of carbonyl (C=O) groups excluding carboxylic acids is 1. The molecule has 3 N–H and O–H groups in total. The molecule has 0 atom stereocenters. The highest BCUT2D eigenvalue weighted by Gasteiger charge is 2.00. The van der Waals surface area contributed by atoms with E-state index in [1.165, 1.54) is 6.08 Å². The first-order chi connectivity index (χ1) is 10.4. The summed E-state index contributed by atoms with van der Waals surface area (Å²) in [6, 6.07) is 5.62. The number of thiocarbonyl (C=S) groups is 1. The average Bonchev–Trinajstić information content (AvgIpc) is 2.46. The molecule has 0 fully saturated rings. The minimum Gasteiger partial charge on any atom is -0.361 e. The summed E-state index contributed by atoms with van der Waals surface area (Å²) in [6.45, 7) is 6.99. The van der Waals surface area contributed by atoms with Crippen molar-refractivity contribution in [2.75, 3.05) is 6.54 Å². The molecule has 0 heterocycles. The zero-order valence-electron chi connectivity index (χ0n) is 13.1. The fourth-order valence-corrected chi connectivity index (χ4v) is 1.91. The van der Waals surface area contributed by atoms with Crippen molar-refractivity contribution < 1.29 is 4.79 Å². The van der Waals surface area contributed by atoms with Gasteiger partial charge in [0.1, 0.15) is 0 Å². The van der Waals surface area contributed by atoms with Crippen molar-refractivity contribution in [2.24, 2.45) is 5.92 Å². The van der Waals surface area contributed by atoms with Crippen LogP contribution in [-0.4, -0.2) is 17.6 Å². The van der Waals surface area contributed by atoms with Crippen molar-refractivity contribution in [2.45, 2.75) is 27.2 Å². The van der Waals surface area contributed by atoms with Gasteiger partial charge in [-0.25, -0.2) is 0 Å². The molecule has 0 aliphatic heterocycles. The number of hydrogen-bond donors (Lipinski definition) is 3. The van der Waals surface area contributed by atoms with Gasteiger partial charge >= 0.3 is 0 Å². The fourth-order valence-electron chi connectivity index (χ4n) is 1.56. The Morgan fingerprint density at radius 3 is 2.73 bits per heavy atom. The van der Waals surface area contributed by atoms with E-state index in [0.717, 1.165) is 24.1 Å². The molecule has 1 rings (SSSR count). The van der Waals surface area contributed by atoms with Crippen molar-refractivity contribution >= 4 is 40.9 Å². The summed E-state index contributed by atoms with van der Waals surface area (Å²) in [5.41, 5.74) is 7.03. The molecule has 0 saturated heterocycles. The van der Waals surface area contributed by atoms with Gasteiger partial charge in [0, 0.05) is 17.6 Å². The number of aryl methyl sites for hydroxylation is 1. The van der Waals surface area contributed by atoms with Crippen molar-refractivity contribution in [1.82, 2.24) is 16.2 Å². The first-order valence-corrected chi connectivity index (χ1v) is 7.95. The van der Waals surface area contributed by atoms with E-state index < -0.39 is 0 Å². The summed E-state index contributed by atoms with van der Waals surface area (Å²) in [5, 5.41) is 4.10. The third-order valence-electron chi connectivity index (χ3n) is 2.93. The van der Waals surface area contributed by atoms with Gasteiger partial charge in [0.2, 0.25) is 0 Å². The Balaban J connectivity index is 2.35. The monoisotopic (exact) mass is 339 g/mol. The molecule has 1 aromatic carbocycles. The summed E-state index contributed by atoms with van der Waals surface area (Å²) in [4.78, 5) is 11.7. The number of benzene rings is 1. The summed E-state index contributed by atoms with van der Waals surface area (Å²) in [5.74, 6) is 0.318. The van der Waals surface area contributed by atoms with Gasteiger partial charge in [-0.3, -0.25) is 15.6 Å². The minimum absolute atomic E-state index is 0.287. The Hall–Kier alpha value is -1.59. The van der Waals surface area contributed by atoms with Crippen LogP contribution in [0, 0.1) is 12.8 Å². The lowest BCUT2D eigenvalue weighted by atomic mass is 10.1. The minimum atomic E-state index is -0.287. The number of rotatable bonds is 5. The van der Waals surface area contributed by atoms with Crippen LogP contribution in [0.15, 0.2) is 24.3 Å². The molecule has 6 heteroatoms. The molecule has 0 spiro atoms. The normalized spacial score (nSPS) is 10.8. The molecule has 4 nitrogen and oxygen atoms in total. The molecular weight excluding hydrogens is 318 g/mol. The van der Waals surface area contributed by atoms with Crippen LogP contribution in [0.2, 0.25) is 5.02 Å². The van der Waals surface area contributed by atoms with E-state index in [1.807, 2.05) is 25.1 Å². The van der Waals surface area contributed by atoms with Gasteiger partial charge in [0.05, 0.1) is 0 Å². The molecule has 0 saturated carbocycles. The van der Waals surface area contributed by atoms with Gasteiger partial charge < -0.3 is 5.32 Å². The van der Waals surface area contributed by atoms with E-state index >= 15 is 0 Å². The summed E-state index contributed by atoms with van der Waals surface area (Å²) in [7, 11) is 0. The zero-order valence-corrected chi connectivity index (χ0v) is 14.6. The second-order valence-electron chi connectivity index (χ2n) is 5.39. The predicted octanol–water partition coefficient (Wildman–Crippen LogP) is 3.20. The number of amides is 1. The molecule has 1 aromatic rings. The quantitative estimate of drug-likeness (QED) is 0.438. The van der Waals surface area contributed by atoms with Crippen LogP contribution >= 0.6 is 23.8 Å². The van der Waals surface area contributed by atoms with Crippen molar-refractivity contribution in [3.05, 3.63) is 40.4 Å². The fraction of sp³-hybridized carbons (Fsp3) is 0.375. The predicted molar refractivity (Wildman–Crippen MR) is 96.6 cm³/mol. The molecule has 0 aromatic heterocycles. The molecule has 120 valence electrons. The molecule has 0 aliphatic carbocycles. The standard InChI is InChI=1S/C16H22ClN3OS/c1-11(2)8-9-18-16(22)20-19-15(21)7-6-13-5-4-12(3)14(17)10-13/h4-7,10-11H,8-9H2,1-3H3,(H,19,21)(H2,18,20,22)/b7-6+. The van der Waals surface area contributed by atoms with E-state index in [1.54, 1.807) is 6.08 Å². The van der Waals surface area contributed by atoms with E-state index in [2.05, 4.69) is 30.0 Å². The largest absolute Gasteiger partial charge is 0.361 e. The van der Waals surface area contributed by atoms with E-state index in [4.69, 9.17) is 23.8 Å². The topological polar surface area (TPSA) is 53.2 Å². The van der Waals surface area contributed by atoms with Gasteiger partial charge in [-0.15, -0.1) is 0 Å². The summed E-state index contributed by atoms with van der Waals surface area (Å²) < 4.78 is 0. The second-order valence-corrected chi connectivity index (χ2v) is 6.21. The Morgan fingerprint density at radius 2 is 2.09 bits per heavy atom. The van der Waals surface area contributed by atoms with Crippen molar-refractivity contribution in [1.29, 1.82) is 0 Å². The third kappa shape index (κ3) is 7.43. The van der Waals surface area contributed by atoms with Gasteiger partial charge in [-0.1, -0.05) is 37.6 Å². The highest BCUT2D eigenvalue weighted by Crippen LogP contribution is 2.17. The summed E-state index contributed by atoms with van der Waals surface area (Å²) in [6.07, 6.45) is 4.13. The van der Waals surface area contributed by atoms with E-state index in [-0.39, 0.29) is 5.91 Å². The lowest BCUT2D eigenvalue weighted by Crippen LogP contribution is -2.46. The van der Waals surface area contributed by atoms with E-state index in [9.17, 15) is 4.79 Å². The lowest BCUT2D eigenvalue weighted by Gasteiger charge is -2.11. The van der Waals surface area contributed by atoms with E-state index in [0.29, 0.717) is 16.1 Å². The number of hydrogen-bond acceptors (Lipinski definition) is 2. The molecule has 0 unspecified atom stereocenters. The SMILES string of the molecule is Cc1ccc(/C=C/C(=O)NNC(=S)NCCC(C)C)cc1Cl. The number of hydrazine groups is 1. The number of carbonyl (C=O) groups is 1. The molecule has 0 radical (unpaired) electrons. The molecule has 22 heavy (non-hydrogen) atoms. The van der Waals surface area contributed by atoms with Crippen LogP contribution in [0.5, 0.6) is 0 Å². The lowest BCUT2D eigenvalue weighted by molar-refractivity contribution is -0.116. The Morgan fingerprint density at radius 1 is 1.36 bits per heavy atom. The first-order valence-electron chi connectivity index (χ1n) is 7.16. The molecular formula is C16H22ClN3OS. The zero-order chi connectivity index (χ0) is 16.5. The molecule has 1 amide bonds. The maximum absolute atomic E-state index is 11.7. The molecule has 0 aliphatic rings. The average molecular weight is 340 g/mol. The third-order valence-corrected chi connectivity index (χ3v) is 3.58. The maximum atomic E-state index is 11.7. The van der Waals surface area contributed by atoms with Crippen LogP contribution < -0.4 is 16.2 Å². The Bertz CT molecular complexity index is 558. The van der Waals surface area contributed by atoms with Gasteiger partial charge in [-0.2, -0.15) is 0 Å².